The van der Waals surface area contributed by atoms with E-state index in [-0.39, 0.29) is 6.67 Å². The Bertz CT molecular complexity index is 228. The van der Waals surface area contributed by atoms with E-state index in [4.69, 9.17) is 0 Å². The normalized spacial score (nSPS) is 47.2. The first-order valence-electron chi connectivity index (χ1n) is 7.01. The summed E-state index contributed by atoms with van der Waals surface area (Å²) in [6, 6.07) is 0.525. The lowest BCUT2D eigenvalue weighted by atomic mass is 9.48. The molecule has 0 amide bonds. The van der Waals surface area contributed by atoms with Gasteiger partial charge in [-0.1, -0.05) is 0 Å². The van der Waals surface area contributed by atoms with Gasteiger partial charge in [-0.2, -0.15) is 0 Å². The van der Waals surface area contributed by atoms with Crippen LogP contribution in [0.1, 0.15) is 45.4 Å². The van der Waals surface area contributed by atoms with Gasteiger partial charge in [0.15, 0.2) is 0 Å². The first-order valence-corrected chi connectivity index (χ1v) is 7.01. The highest BCUT2D eigenvalue weighted by Gasteiger charge is 2.52. The summed E-state index contributed by atoms with van der Waals surface area (Å²) in [6.07, 6.45) is 8.73. The van der Waals surface area contributed by atoms with Crippen molar-refractivity contribution in [2.75, 3.05) is 13.2 Å². The van der Waals surface area contributed by atoms with Gasteiger partial charge in [-0.05, 0) is 68.6 Å². The third kappa shape index (κ3) is 1.70. The molecule has 4 aliphatic carbocycles. The Morgan fingerprint density at radius 3 is 2.06 bits per heavy atom. The van der Waals surface area contributed by atoms with E-state index in [0.29, 0.717) is 18.0 Å². The second-order valence-corrected chi connectivity index (χ2v) is 6.64. The van der Waals surface area contributed by atoms with Crippen LogP contribution in [-0.4, -0.2) is 19.3 Å². The van der Waals surface area contributed by atoms with Gasteiger partial charge in [0.1, 0.15) is 6.67 Å². The second-order valence-electron chi connectivity index (χ2n) is 6.64. The average Bonchev–Trinajstić information content (AvgIpc) is 2.24. The highest BCUT2D eigenvalue weighted by molar-refractivity contribution is 5.05. The van der Waals surface area contributed by atoms with Crippen molar-refractivity contribution < 1.29 is 4.39 Å². The summed E-state index contributed by atoms with van der Waals surface area (Å²) in [4.78, 5) is 0. The number of hydrogen-bond donors (Lipinski definition) is 1. The van der Waals surface area contributed by atoms with E-state index >= 15 is 0 Å². The molecular weight excluding hydrogens is 201 g/mol. The third-order valence-corrected chi connectivity index (χ3v) is 5.55. The summed E-state index contributed by atoms with van der Waals surface area (Å²) in [6.45, 7) is 2.61. The van der Waals surface area contributed by atoms with Crippen LogP contribution in [0.25, 0.3) is 0 Å². The van der Waals surface area contributed by atoms with Gasteiger partial charge in [-0.3, -0.25) is 0 Å². The molecule has 1 nitrogen and oxygen atoms in total. The number of hydrogen-bond acceptors (Lipinski definition) is 1. The molecule has 1 unspecified atom stereocenters. The molecule has 4 saturated carbocycles. The van der Waals surface area contributed by atoms with Crippen LogP contribution in [0.4, 0.5) is 4.39 Å². The van der Waals surface area contributed by atoms with Crippen LogP contribution in [0.15, 0.2) is 0 Å². The van der Waals surface area contributed by atoms with Gasteiger partial charge in [-0.25, -0.2) is 4.39 Å². The van der Waals surface area contributed by atoms with E-state index in [1.165, 1.54) is 38.5 Å². The maximum atomic E-state index is 12.3. The first-order chi connectivity index (χ1) is 7.72. The highest BCUT2D eigenvalue weighted by Crippen LogP contribution is 2.61. The summed E-state index contributed by atoms with van der Waals surface area (Å²) in [5.41, 5.74) is 0.532. The summed E-state index contributed by atoms with van der Waals surface area (Å²) in [7, 11) is 0. The standard InChI is InChI=1S/C14H24FN/c1-10(16-3-2-15)14-7-11-4-12(8-14)6-13(5-11)9-14/h10-13,16H,2-9H2,1H3. The van der Waals surface area contributed by atoms with E-state index < -0.39 is 0 Å². The van der Waals surface area contributed by atoms with Gasteiger partial charge in [0.2, 0.25) is 0 Å². The molecule has 1 N–H and O–H groups in total. The molecule has 0 heterocycles. The van der Waals surface area contributed by atoms with Crippen LogP contribution in [0.2, 0.25) is 0 Å². The Balaban J connectivity index is 1.72. The second kappa shape index (κ2) is 3.97. The van der Waals surface area contributed by atoms with Crippen molar-refractivity contribution >= 4 is 0 Å². The van der Waals surface area contributed by atoms with Crippen LogP contribution >= 0.6 is 0 Å². The first kappa shape index (κ1) is 11.0. The van der Waals surface area contributed by atoms with Crippen molar-refractivity contribution in [2.45, 2.75) is 51.5 Å². The van der Waals surface area contributed by atoms with Crippen LogP contribution in [0.5, 0.6) is 0 Å². The molecule has 0 aliphatic heterocycles. The fraction of sp³-hybridized carbons (Fsp3) is 1.00. The van der Waals surface area contributed by atoms with Gasteiger partial charge in [0, 0.05) is 12.6 Å². The molecule has 0 aromatic rings. The van der Waals surface area contributed by atoms with Gasteiger partial charge in [0.05, 0.1) is 0 Å². The lowest BCUT2D eigenvalue weighted by Gasteiger charge is -2.59. The van der Waals surface area contributed by atoms with E-state index in [2.05, 4.69) is 12.2 Å². The lowest BCUT2D eigenvalue weighted by molar-refractivity contribution is -0.0704. The predicted octanol–water partition coefficient (Wildman–Crippen LogP) is 3.15. The van der Waals surface area contributed by atoms with Crippen molar-refractivity contribution in [1.29, 1.82) is 0 Å². The van der Waals surface area contributed by atoms with Crippen LogP contribution in [0, 0.1) is 23.2 Å². The Hall–Kier alpha value is -0.110. The quantitative estimate of drug-likeness (QED) is 0.775. The van der Waals surface area contributed by atoms with Gasteiger partial charge < -0.3 is 5.32 Å². The molecule has 2 heteroatoms. The Morgan fingerprint density at radius 1 is 1.12 bits per heavy atom. The molecule has 0 radical (unpaired) electrons. The minimum absolute atomic E-state index is 0.225. The van der Waals surface area contributed by atoms with Crippen molar-refractivity contribution in [2.24, 2.45) is 23.2 Å². The van der Waals surface area contributed by atoms with Crippen molar-refractivity contribution in [3.63, 3.8) is 0 Å². The topological polar surface area (TPSA) is 12.0 Å². The molecule has 0 aromatic heterocycles. The van der Waals surface area contributed by atoms with Crippen LogP contribution < -0.4 is 5.32 Å². The largest absolute Gasteiger partial charge is 0.311 e. The Kier molecular flexibility index (Phi) is 2.73. The van der Waals surface area contributed by atoms with E-state index in [1.807, 2.05) is 0 Å². The molecule has 0 saturated heterocycles. The molecule has 0 spiro atoms. The van der Waals surface area contributed by atoms with E-state index in [9.17, 15) is 4.39 Å². The van der Waals surface area contributed by atoms with E-state index in [1.54, 1.807) is 0 Å². The summed E-state index contributed by atoms with van der Waals surface area (Å²) in [5.74, 6) is 3.00. The molecular formula is C14H24FN. The van der Waals surface area contributed by atoms with Crippen molar-refractivity contribution in [3.8, 4) is 0 Å². The number of alkyl halides is 1. The van der Waals surface area contributed by atoms with Crippen LogP contribution in [-0.2, 0) is 0 Å². The van der Waals surface area contributed by atoms with Gasteiger partial charge >= 0.3 is 0 Å². The van der Waals surface area contributed by atoms with Crippen LogP contribution in [0.3, 0.4) is 0 Å². The van der Waals surface area contributed by atoms with Gasteiger partial charge in [0.25, 0.3) is 0 Å². The monoisotopic (exact) mass is 225 g/mol. The zero-order valence-corrected chi connectivity index (χ0v) is 10.3. The summed E-state index contributed by atoms with van der Waals surface area (Å²) in [5, 5.41) is 3.41. The van der Waals surface area contributed by atoms with Gasteiger partial charge in [-0.15, -0.1) is 0 Å². The predicted molar refractivity (Wildman–Crippen MR) is 64.0 cm³/mol. The maximum Gasteiger partial charge on any atom is 0.102 e. The van der Waals surface area contributed by atoms with Crippen molar-refractivity contribution in [1.82, 2.24) is 5.32 Å². The highest BCUT2D eigenvalue weighted by atomic mass is 19.1. The molecule has 4 rings (SSSR count). The summed E-state index contributed by atoms with van der Waals surface area (Å²) >= 11 is 0. The molecule has 4 aliphatic rings. The third-order valence-electron chi connectivity index (χ3n) is 5.55. The fourth-order valence-electron chi connectivity index (χ4n) is 5.20. The average molecular weight is 225 g/mol. The Labute approximate surface area is 98.2 Å². The Morgan fingerprint density at radius 2 is 1.62 bits per heavy atom. The summed E-state index contributed by atoms with van der Waals surface area (Å²) < 4.78 is 12.3. The number of halogens is 1. The zero-order chi connectivity index (χ0) is 11.2. The molecule has 16 heavy (non-hydrogen) atoms. The molecule has 0 aromatic carbocycles. The SMILES string of the molecule is CC(NCCF)C12CC3CC(CC(C3)C1)C2. The minimum Gasteiger partial charge on any atom is -0.311 e. The van der Waals surface area contributed by atoms with E-state index in [0.717, 1.165) is 17.8 Å². The maximum absolute atomic E-state index is 12.3. The molecule has 4 fully saturated rings. The molecule has 4 bridgehead atoms. The molecule has 92 valence electrons. The van der Waals surface area contributed by atoms with Crippen molar-refractivity contribution in [3.05, 3.63) is 0 Å². The molecule has 1 atom stereocenters. The smallest absolute Gasteiger partial charge is 0.102 e. The number of rotatable bonds is 4. The fourth-order valence-corrected chi connectivity index (χ4v) is 5.20. The zero-order valence-electron chi connectivity index (χ0n) is 10.3. The number of nitrogens with one attached hydrogen (secondary N) is 1. The lowest BCUT2D eigenvalue weighted by Crippen LogP contribution is -2.55. The minimum atomic E-state index is -0.225.